The van der Waals surface area contributed by atoms with Gasteiger partial charge in [0, 0.05) is 21.5 Å². The van der Waals surface area contributed by atoms with Crippen LogP contribution in [0.5, 0.6) is 23.0 Å². The standard InChI is InChI=1S/C52H46O6/c1-3-5-9-19-35-29-31-43-45(33-35)47(39-25-15-17-27-41(39)49(43)57-51(53)55-37-21-11-7-12-22-37)48-40-26-16-18-28-42(40)50(58-52(54)56-38-23-13-8-14-24-38)44-32-30-36(34-46(44)48)20-10-6-4-2/h7-8,11-18,21-34H,3-6,9-10,19-20H2,1-2H3. The van der Waals surface area contributed by atoms with Gasteiger partial charge in [-0.25, -0.2) is 9.59 Å². The number of ether oxygens (including phenoxy) is 4. The molecule has 0 fully saturated rings. The first-order chi connectivity index (χ1) is 28.5. The van der Waals surface area contributed by atoms with Gasteiger partial charge in [0.25, 0.3) is 0 Å². The van der Waals surface area contributed by atoms with Crippen LogP contribution < -0.4 is 18.9 Å². The van der Waals surface area contributed by atoms with E-state index in [0.29, 0.717) is 23.0 Å². The quantitative estimate of drug-likeness (QED) is 0.0504. The van der Waals surface area contributed by atoms with Crippen LogP contribution in [0.1, 0.15) is 63.5 Å². The molecule has 8 aromatic rings. The van der Waals surface area contributed by atoms with Crippen molar-refractivity contribution in [3.63, 3.8) is 0 Å². The molecule has 0 unspecified atom stereocenters. The van der Waals surface area contributed by atoms with Crippen LogP contribution in [0.3, 0.4) is 0 Å². The average molecular weight is 767 g/mol. The summed E-state index contributed by atoms with van der Waals surface area (Å²) < 4.78 is 23.7. The second kappa shape index (κ2) is 17.6. The molecular formula is C52H46O6. The highest BCUT2D eigenvalue weighted by Crippen LogP contribution is 2.50. The monoisotopic (exact) mass is 766 g/mol. The third kappa shape index (κ3) is 8.10. The van der Waals surface area contributed by atoms with Crippen LogP contribution in [-0.4, -0.2) is 12.3 Å². The minimum atomic E-state index is -0.811. The number of benzene rings is 8. The second-order valence-corrected chi connectivity index (χ2v) is 14.7. The second-order valence-electron chi connectivity index (χ2n) is 14.7. The molecule has 0 radical (unpaired) electrons. The first-order valence-corrected chi connectivity index (χ1v) is 20.4. The van der Waals surface area contributed by atoms with Gasteiger partial charge in [0.15, 0.2) is 0 Å². The highest BCUT2D eigenvalue weighted by Gasteiger charge is 2.25. The van der Waals surface area contributed by atoms with Crippen molar-refractivity contribution in [2.24, 2.45) is 0 Å². The van der Waals surface area contributed by atoms with Crippen molar-refractivity contribution >= 4 is 55.4 Å². The van der Waals surface area contributed by atoms with Gasteiger partial charge >= 0.3 is 12.3 Å². The summed E-state index contributed by atoms with van der Waals surface area (Å²) in [6.07, 6.45) is 6.85. The summed E-state index contributed by atoms with van der Waals surface area (Å²) in [6.45, 7) is 4.43. The molecule has 8 rings (SSSR count). The van der Waals surface area contributed by atoms with Gasteiger partial charge in [0.05, 0.1) is 0 Å². The van der Waals surface area contributed by atoms with Crippen LogP contribution in [0.15, 0.2) is 146 Å². The van der Waals surface area contributed by atoms with Gasteiger partial charge in [-0.3, -0.25) is 0 Å². The van der Waals surface area contributed by atoms with Crippen molar-refractivity contribution in [3.8, 4) is 34.1 Å². The Balaban J connectivity index is 1.40. The molecule has 0 saturated heterocycles. The molecular weight excluding hydrogens is 721 g/mol. The molecule has 0 spiro atoms. The number of hydrogen-bond donors (Lipinski definition) is 0. The molecule has 6 nitrogen and oxygen atoms in total. The van der Waals surface area contributed by atoms with E-state index in [1.165, 1.54) is 11.1 Å². The van der Waals surface area contributed by atoms with E-state index < -0.39 is 12.3 Å². The summed E-state index contributed by atoms with van der Waals surface area (Å²) in [7, 11) is 0. The molecule has 0 aliphatic carbocycles. The van der Waals surface area contributed by atoms with Crippen LogP contribution in [0.2, 0.25) is 0 Å². The molecule has 0 saturated carbocycles. The van der Waals surface area contributed by atoms with Gasteiger partial charge in [-0.05, 0) is 93.7 Å². The van der Waals surface area contributed by atoms with Crippen molar-refractivity contribution in [2.75, 3.05) is 0 Å². The van der Waals surface area contributed by atoms with Gasteiger partial charge in [-0.15, -0.1) is 0 Å². The number of rotatable bonds is 13. The third-order valence-electron chi connectivity index (χ3n) is 10.7. The van der Waals surface area contributed by atoms with Crippen molar-refractivity contribution in [2.45, 2.75) is 65.2 Å². The van der Waals surface area contributed by atoms with E-state index in [0.717, 1.165) is 106 Å². The maximum atomic E-state index is 13.5. The van der Waals surface area contributed by atoms with Gasteiger partial charge in [0.1, 0.15) is 23.0 Å². The van der Waals surface area contributed by atoms with Crippen LogP contribution in [0.25, 0.3) is 54.2 Å². The van der Waals surface area contributed by atoms with E-state index in [4.69, 9.17) is 18.9 Å². The van der Waals surface area contributed by atoms with E-state index in [2.05, 4.69) is 62.4 Å². The van der Waals surface area contributed by atoms with Crippen LogP contribution >= 0.6 is 0 Å². The lowest BCUT2D eigenvalue weighted by molar-refractivity contribution is 0.152. The molecule has 0 heterocycles. The summed E-state index contributed by atoms with van der Waals surface area (Å²) in [6, 6.07) is 47.0. The van der Waals surface area contributed by atoms with Gasteiger partial charge in [-0.1, -0.05) is 161 Å². The fraction of sp³-hybridized carbons (Fsp3) is 0.192. The normalized spacial score (nSPS) is 11.3. The van der Waals surface area contributed by atoms with Crippen molar-refractivity contribution < 1.29 is 28.5 Å². The molecule has 0 N–H and O–H groups in total. The highest BCUT2D eigenvalue weighted by atomic mass is 16.7. The summed E-state index contributed by atoms with van der Waals surface area (Å²) in [5, 5.41) is 6.88. The van der Waals surface area contributed by atoms with Crippen molar-refractivity contribution in [1.29, 1.82) is 0 Å². The lowest BCUT2D eigenvalue weighted by Gasteiger charge is -2.22. The van der Waals surface area contributed by atoms with E-state index in [-0.39, 0.29) is 0 Å². The third-order valence-corrected chi connectivity index (χ3v) is 10.7. The maximum absolute atomic E-state index is 13.5. The number of unbranched alkanes of at least 4 members (excludes halogenated alkanes) is 4. The smallest absolute Gasteiger partial charge is 0.395 e. The Hall–Kier alpha value is -6.66. The lowest BCUT2D eigenvalue weighted by atomic mass is 9.84. The SMILES string of the molecule is CCCCCc1ccc2c(OC(=O)Oc3ccccc3)c3ccccc3c(-c3c4ccccc4c(OC(=O)Oc4ccccc4)c4ccc(CCCCC)cc34)c2c1. The minimum Gasteiger partial charge on any atom is -0.395 e. The Bertz CT molecular complexity index is 2550. The summed E-state index contributed by atoms with van der Waals surface area (Å²) in [5.41, 5.74) is 4.43. The molecule has 0 aromatic heterocycles. The number of carbonyl (C=O) groups excluding carboxylic acids is 2. The van der Waals surface area contributed by atoms with Gasteiger partial charge < -0.3 is 18.9 Å². The Morgan fingerprint density at radius 1 is 0.379 bits per heavy atom. The summed E-state index contributed by atoms with van der Waals surface area (Å²) >= 11 is 0. The highest BCUT2D eigenvalue weighted by molar-refractivity contribution is 6.27. The maximum Gasteiger partial charge on any atom is 0.519 e. The fourth-order valence-corrected chi connectivity index (χ4v) is 7.98. The number of fused-ring (bicyclic) bond motifs is 4. The van der Waals surface area contributed by atoms with Crippen LogP contribution in [-0.2, 0) is 12.8 Å². The Morgan fingerprint density at radius 2 is 0.741 bits per heavy atom. The van der Waals surface area contributed by atoms with E-state index in [1.54, 1.807) is 24.3 Å². The zero-order chi connectivity index (χ0) is 39.8. The number of carbonyl (C=O) groups is 2. The minimum absolute atomic E-state index is 0.401. The van der Waals surface area contributed by atoms with E-state index in [9.17, 15) is 9.59 Å². The first kappa shape index (κ1) is 38.2. The van der Waals surface area contributed by atoms with Crippen LogP contribution in [0, 0.1) is 0 Å². The predicted molar refractivity (Wildman–Crippen MR) is 235 cm³/mol. The molecule has 0 amide bonds. The van der Waals surface area contributed by atoms with Gasteiger partial charge in [-0.2, -0.15) is 0 Å². The fourth-order valence-electron chi connectivity index (χ4n) is 7.98. The molecule has 6 heteroatoms. The zero-order valence-electron chi connectivity index (χ0n) is 33.0. The van der Waals surface area contributed by atoms with Crippen molar-refractivity contribution in [1.82, 2.24) is 0 Å². The lowest BCUT2D eigenvalue weighted by Crippen LogP contribution is -2.14. The number of hydrogen-bond acceptors (Lipinski definition) is 6. The zero-order valence-corrected chi connectivity index (χ0v) is 33.0. The number of aryl methyl sites for hydroxylation is 2. The topological polar surface area (TPSA) is 71.1 Å². The molecule has 0 atom stereocenters. The Labute approximate surface area is 338 Å². The first-order valence-electron chi connectivity index (χ1n) is 20.4. The summed E-state index contributed by atoms with van der Waals surface area (Å²) in [5.74, 6) is 1.68. The van der Waals surface area contributed by atoms with Crippen molar-refractivity contribution in [3.05, 3.63) is 157 Å². The van der Waals surface area contributed by atoms with E-state index >= 15 is 0 Å². The molecule has 0 bridgehead atoms. The molecule has 0 aliphatic rings. The Kier molecular flexibility index (Phi) is 11.6. The molecule has 290 valence electrons. The average Bonchev–Trinajstić information content (AvgIpc) is 3.25. The largest absolute Gasteiger partial charge is 0.519 e. The predicted octanol–water partition coefficient (Wildman–Crippen LogP) is 14.6. The van der Waals surface area contributed by atoms with Gasteiger partial charge in [0.2, 0.25) is 0 Å². The molecule has 0 aliphatic heterocycles. The van der Waals surface area contributed by atoms with E-state index in [1.807, 2.05) is 72.8 Å². The molecule has 8 aromatic carbocycles. The summed E-state index contributed by atoms with van der Waals surface area (Å²) in [4.78, 5) is 27.0. The number of para-hydroxylation sites is 2. The Morgan fingerprint density at radius 3 is 1.14 bits per heavy atom. The molecule has 58 heavy (non-hydrogen) atoms. The van der Waals surface area contributed by atoms with Crippen LogP contribution in [0.4, 0.5) is 9.59 Å².